The van der Waals surface area contributed by atoms with Gasteiger partial charge in [-0.2, -0.15) is 23.4 Å². The molecule has 4 atom stereocenters. The van der Waals surface area contributed by atoms with Crippen molar-refractivity contribution >= 4 is 15.7 Å². The van der Waals surface area contributed by atoms with Gasteiger partial charge in [-0.15, -0.1) is 0 Å². The number of aryl methyl sites for hydroxylation is 2. The van der Waals surface area contributed by atoms with E-state index in [-0.39, 0.29) is 49.2 Å². The summed E-state index contributed by atoms with van der Waals surface area (Å²) in [5.41, 5.74) is 32.2. The number of nitrogens with two attached hydrogens (primary N) is 1. The molecule has 8 aromatic carbocycles. The molecule has 19 heteroatoms. The Morgan fingerprint density at radius 2 is 0.801 bits per heavy atom. The molecule has 788 valence electrons. The normalized spacial score (nSPS) is 18.1. The first-order valence-electron chi connectivity index (χ1n) is 53.5. The van der Waals surface area contributed by atoms with E-state index in [2.05, 4.69) is 380 Å². The van der Waals surface area contributed by atoms with E-state index in [0.29, 0.717) is 36.0 Å². The summed E-state index contributed by atoms with van der Waals surface area (Å²) in [4.78, 5) is 13.0. The first-order valence-corrected chi connectivity index (χ1v) is 55.3. The van der Waals surface area contributed by atoms with Crippen LogP contribution in [-0.2, 0) is 84.2 Å². The van der Waals surface area contributed by atoms with Crippen molar-refractivity contribution < 1.29 is 26.3 Å². The fourth-order valence-corrected chi connectivity index (χ4v) is 20.5. The van der Waals surface area contributed by atoms with Crippen LogP contribution < -0.4 is 21.7 Å². The molecule has 15 nitrogen and oxygen atoms in total. The number of anilines is 1. The molecule has 18 rings (SSSR count). The molecule has 10 heterocycles. The molecule has 2 bridgehead atoms. The number of pyridine rings is 2. The van der Waals surface area contributed by atoms with E-state index < -0.39 is 21.6 Å². The molecule has 0 amide bonds. The molecule has 6 fully saturated rings. The van der Waals surface area contributed by atoms with Crippen LogP contribution in [0.5, 0.6) is 0 Å². The van der Waals surface area contributed by atoms with Gasteiger partial charge in [-0.1, -0.05) is 348 Å². The standard InChI is InChI=1S/C19H27N3O.C17H25N.C16H22F3N.C16H19N.C15H18N2.C15H23NO2S.C15H23N.C14H18N2/c1-19(2,3)18-6-4-16(5-7-18)17-14-20-22(15-17)9-8-21-10-12-23-13-11-21;1-17(2,3)14-6-4-12(5-7-14)13-10-15-8-9-16(11-13)18-15;1-15(2,3)12-4-5-13(11-6-8-20-9-7-11)14(10-12)16(17,18)19;1-12-11-14(9-10-17-12)13-5-7-15(8-6-13)16(2,3)4;1-15(2,3)13-7-4-11(5-8-13)12-6-9-14(16)17-10-12;1-15(2,3)14-6-4-13(5-7-14)12-16-8-10-19(17,18)11-9-16;1-15(2,3)14-8-6-12(7-9-14)13-5-4-10-16-11-13;1-14(2,3)13-7-5-11(6-8-13)12-9-15-16(4)10-12/h4-7,14-15H,8-13H2,1-3H3;4-7,13,15-16,18H,8-11H2,1-3H3;4-5,10-11,20H,6-9H2,1-3H3;5-11H,1-4H3;4-10H,1-3H3,(H2,16,17);4-7H,8-12H2,1-3H3;6-9,13,16H,4-5,10-11H2,1-3H3;5-10H,1-4H3/t;13?,15-,16+;;;;;;. The van der Waals surface area contributed by atoms with E-state index >= 15 is 0 Å². The number of hydrogen-bond donors (Lipinski definition) is 4. The van der Waals surface area contributed by atoms with Gasteiger partial charge in [-0.25, -0.2) is 13.4 Å². The summed E-state index contributed by atoms with van der Waals surface area (Å²) in [5, 5.41) is 19.1. The maximum absolute atomic E-state index is 13.4. The molecule has 2 unspecified atom stereocenters. The minimum Gasteiger partial charge on any atom is -0.384 e. The number of hydrogen-bond acceptors (Lipinski definition) is 13. The molecule has 0 aliphatic carbocycles. The second kappa shape index (κ2) is 50.9. The zero-order chi connectivity index (χ0) is 106. The van der Waals surface area contributed by atoms with E-state index in [1.165, 1.54) is 140 Å². The third kappa shape index (κ3) is 36.3. The van der Waals surface area contributed by atoms with E-state index in [9.17, 15) is 21.6 Å². The molecule has 0 radical (unpaired) electrons. The van der Waals surface area contributed by atoms with Crippen molar-refractivity contribution in [1.82, 2.24) is 55.3 Å². The molecule has 6 aliphatic heterocycles. The number of alkyl halides is 3. The lowest BCUT2D eigenvalue weighted by Crippen LogP contribution is -2.39. The number of ether oxygens (including phenoxy) is 1. The molecule has 146 heavy (non-hydrogen) atoms. The van der Waals surface area contributed by atoms with Crippen molar-refractivity contribution in [3.63, 3.8) is 0 Å². The van der Waals surface area contributed by atoms with E-state index in [0.717, 1.165) is 119 Å². The van der Waals surface area contributed by atoms with Gasteiger partial charge in [0, 0.05) is 112 Å². The summed E-state index contributed by atoms with van der Waals surface area (Å²) < 4.78 is 72.1. The highest BCUT2D eigenvalue weighted by atomic mass is 32.2. The van der Waals surface area contributed by atoms with Crippen LogP contribution in [0.1, 0.15) is 313 Å². The minimum atomic E-state index is -4.28. The van der Waals surface area contributed by atoms with Crippen LogP contribution >= 0.6 is 0 Å². The van der Waals surface area contributed by atoms with Crippen LogP contribution in [0, 0.1) is 6.92 Å². The summed E-state index contributed by atoms with van der Waals surface area (Å²) >= 11 is 0. The Morgan fingerprint density at radius 1 is 0.390 bits per heavy atom. The quantitative estimate of drug-likeness (QED) is 0.0911. The molecular weight excluding hydrogens is 1830 g/mol. The third-order valence-electron chi connectivity index (χ3n) is 29.0. The Morgan fingerprint density at radius 3 is 1.21 bits per heavy atom. The highest BCUT2D eigenvalue weighted by Gasteiger charge is 2.38. The number of rotatable bonds is 12. The van der Waals surface area contributed by atoms with E-state index in [4.69, 9.17) is 10.5 Å². The third-order valence-corrected chi connectivity index (χ3v) is 30.6. The van der Waals surface area contributed by atoms with E-state index in [1.807, 2.05) is 87.1 Å². The summed E-state index contributed by atoms with van der Waals surface area (Å²) in [6.45, 7) is 66.7. The number of piperidine rings is 3. The topological polar surface area (TPSA) is 173 Å². The Hall–Kier alpha value is -10.2. The predicted octanol–water partition coefficient (Wildman–Crippen LogP) is 28.7. The zero-order valence-electron chi connectivity index (χ0n) is 93.2. The lowest BCUT2D eigenvalue weighted by atomic mass is 9.81. The molecule has 12 aromatic rings. The Kier molecular flexibility index (Phi) is 40.4. The lowest BCUT2D eigenvalue weighted by Gasteiger charge is -2.30. The average Bonchev–Trinajstić information content (AvgIpc) is 0.907. The molecule has 6 aliphatic rings. The van der Waals surface area contributed by atoms with Crippen LogP contribution in [-0.4, -0.2) is 143 Å². The number of morpholine rings is 1. The van der Waals surface area contributed by atoms with Crippen LogP contribution in [0.3, 0.4) is 0 Å². The smallest absolute Gasteiger partial charge is 0.384 e. The van der Waals surface area contributed by atoms with Gasteiger partial charge in [0.05, 0.1) is 49.2 Å². The second-order valence-electron chi connectivity index (χ2n) is 49.4. The van der Waals surface area contributed by atoms with Crippen molar-refractivity contribution in [3.05, 3.63) is 328 Å². The highest BCUT2D eigenvalue weighted by Crippen LogP contribution is 2.43. The second-order valence-corrected chi connectivity index (χ2v) is 51.7. The SMILES string of the molecule is CC(C)(C)c1ccc(-c2ccc(N)nc2)cc1.CC(C)(C)c1ccc(-c2cnn(CCN3CCOCC3)c2)cc1.CC(C)(C)c1ccc(C2CCCNC2)cc1.CC(C)(C)c1ccc(C2CCNCC2)c(C(F)(F)F)c1.CC(C)(C)c1ccc(C2C[C@H]3CC[C@@H](C2)N3)cc1.CC(C)(C)c1ccc(CN2CCS(=O)(=O)CC2)cc1.Cc1cc(-c2ccc(C(C)(C)C)cc2)ccn1.Cn1cc(-c2ccc(C(C)(C)C)cc2)cn1. The fourth-order valence-electron chi connectivity index (χ4n) is 19.2. The number of fused-ring (bicyclic) bond motifs is 2. The number of halogens is 3. The number of aromatic nitrogens is 6. The van der Waals surface area contributed by atoms with Crippen LogP contribution in [0.4, 0.5) is 19.0 Å². The molecule has 4 aromatic heterocycles. The number of nitrogen functional groups attached to an aromatic ring is 1. The van der Waals surface area contributed by atoms with Crippen LogP contribution in [0.25, 0.3) is 44.5 Å². The Balaban J connectivity index is 0.000000159. The number of sulfone groups is 1. The van der Waals surface area contributed by atoms with Gasteiger partial charge in [0.2, 0.25) is 0 Å². The highest BCUT2D eigenvalue weighted by molar-refractivity contribution is 7.91. The largest absolute Gasteiger partial charge is 0.416 e. The van der Waals surface area contributed by atoms with Gasteiger partial charge in [0.25, 0.3) is 0 Å². The Labute approximate surface area is 876 Å². The first-order chi connectivity index (χ1) is 68.5. The summed E-state index contributed by atoms with van der Waals surface area (Å²) in [6, 6.07) is 76.7. The van der Waals surface area contributed by atoms with Crippen molar-refractivity contribution in [1.29, 1.82) is 0 Å². The predicted molar refractivity (Wildman–Crippen MR) is 608 cm³/mol. The van der Waals surface area contributed by atoms with Crippen LogP contribution in [0.2, 0.25) is 0 Å². The fraction of sp³-hybridized carbons (Fsp3) is 0.496. The number of nitrogens with zero attached hydrogens (tertiary/aromatic N) is 8. The van der Waals surface area contributed by atoms with Crippen molar-refractivity contribution in [2.45, 2.75) is 317 Å². The zero-order valence-corrected chi connectivity index (χ0v) is 94.1. The molecular formula is C127H175F3N12O3S. The minimum absolute atomic E-state index is 0.0156. The van der Waals surface area contributed by atoms with Gasteiger partial charge in [0.1, 0.15) is 5.82 Å². The average molecular weight is 2010 g/mol. The maximum Gasteiger partial charge on any atom is 0.416 e. The lowest BCUT2D eigenvalue weighted by molar-refractivity contribution is -0.138. The van der Waals surface area contributed by atoms with Gasteiger partial charge >= 0.3 is 6.18 Å². The Bertz CT molecular complexity index is 6050. The van der Waals surface area contributed by atoms with Gasteiger partial charge in [-0.05, 0) is 264 Å². The number of nitrogens with one attached hydrogen (secondary N) is 3. The van der Waals surface area contributed by atoms with Gasteiger partial charge in [0.15, 0.2) is 9.84 Å². The monoisotopic (exact) mass is 2010 g/mol. The van der Waals surface area contributed by atoms with Gasteiger partial charge < -0.3 is 26.4 Å². The van der Waals surface area contributed by atoms with Crippen molar-refractivity contribution in [2.24, 2.45) is 7.05 Å². The van der Waals surface area contributed by atoms with Crippen LogP contribution in [0.15, 0.2) is 250 Å². The van der Waals surface area contributed by atoms with Crippen molar-refractivity contribution in [3.8, 4) is 44.5 Å². The summed E-state index contributed by atoms with van der Waals surface area (Å²) in [7, 11) is -0.838. The van der Waals surface area contributed by atoms with E-state index in [1.54, 1.807) is 17.8 Å². The van der Waals surface area contributed by atoms with Crippen molar-refractivity contribution in [2.75, 3.05) is 89.4 Å². The molecule has 5 N–H and O–H groups in total. The van der Waals surface area contributed by atoms with Gasteiger partial charge in [-0.3, -0.25) is 24.1 Å². The summed E-state index contributed by atoms with van der Waals surface area (Å²) in [5.74, 6) is 2.68. The molecule has 0 spiro atoms. The molecule has 0 saturated carbocycles. The summed E-state index contributed by atoms with van der Waals surface area (Å²) in [6.07, 6.45) is 17.1. The first kappa shape index (κ1) is 116. The number of benzene rings is 8. The maximum atomic E-state index is 13.4. The molecule has 6 saturated heterocycles.